The first-order valence-corrected chi connectivity index (χ1v) is 5.97. The summed E-state index contributed by atoms with van der Waals surface area (Å²) in [6.07, 6.45) is 0.762. The van der Waals surface area contributed by atoms with Crippen LogP contribution in [0.1, 0.15) is 20.3 Å². The Labute approximate surface area is 89.6 Å². The number of primary amides is 1. The lowest BCUT2D eigenvalue weighted by atomic mass is 10.3. The fraction of sp³-hybridized carbons (Fsp3) is 0.889. The lowest BCUT2D eigenvalue weighted by Gasteiger charge is -2.17. The number of aliphatic hydroxyl groups excluding tert-OH is 1. The van der Waals surface area contributed by atoms with Gasteiger partial charge in [-0.2, -0.15) is 11.8 Å². The highest BCUT2D eigenvalue weighted by Crippen LogP contribution is 2.05. The molecule has 0 aromatic carbocycles. The van der Waals surface area contributed by atoms with Gasteiger partial charge in [0, 0.05) is 18.4 Å². The van der Waals surface area contributed by atoms with Gasteiger partial charge < -0.3 is 16.2 Å². The zero-order valence-corrected chi connectivity index (χ0v) is 9.64. The van der Waals surface area contributed by atoms with Crippen LogP contribution in [-0.2, 0) is 4.79 Å². The Bertz CT molecular complexity index is 165. The van der Waals surface area contributed by atoms with E-state index in [4.69, 9.17) is 10.8 Å². The van der Waals surface area contributed by atoms with Crippen molar-refractivity contribution in [3.05, 3.63) is 0 Å². The highest BCUT2D eigenvalue weighted by atomic mass is 32.2. The first-order chi connectivity index (χ1) is 6.57. The zero-order valence-electron chi connectivity index (χ0n) is 8.82. The molecule has 0 rings (SSSR count). The second kappa shape index (κ2) is 8.08. The largest absolute Gasteiger partial charge is 0.396 e. The van der Waals surface area contributed by atoms with Gasteiger partial charge in [-0.05, 0) is 12.2 Å². The van der Waals surface area contributed by atoms with Crippen molar-refractivity contribution in [3.8, 4) is 0 Å². The van der Waals surface area contributed by atoms with Gasteiger partial charge in [0.1, 0.15) is 0 Å². The normalized spacial score (nSPS) is 13.1. The molecule has 4 N–H and O–H groups in total. The molecule has 4 nitrogen and oxygen atoms in total. The van der Waals surface area contributed by atoms with Crippen LogP contribution in [-0.4, -0.2) is 41.2 Å². The van der Waals surface area contributed by atoms with E-state index in [0.717, 1.165) is 12.2 Å². The van der Waals surface area contributed by atoms with Gasteiger partial charge in [0.2, 0.25) is 5.91 Å². The molecule has 84 valence electrons. The number of aliphatic hydroxyl groups is 1. The fourth-order valence-corrected chi connectivity index (χ4v) is 1.98. The number of amides is 1. The summed E-state index contributed by atoms with van der Waals surface area (Å²) in [5, 5.41) is 11.7. The number of nitrogens with two attached hydrogens (primary N) is 1. The smallest absolute Gasteiger partial charge is 0.235 e. The van der Waals surface area contributed by atoms with Crippen LogP contribution >= 0.6 is 11.8 Å². The van der Waals surface area contributed by atoms with E-state index in [1.165, 1.54) is 0 Å². The van der Waals surface area contributed by atoms with E-state index >= 15 is 0 Å². The molecule has 0 heterocycles. The number of hydrogen-bond acceptors (Lipinski definition) is 4. The third kappa shape index (κ3) is 7.17. The van der Waals surface area contributed by atoms with Crippen molar-refractivity contribution < 1.29 is 9.90 Å². The lowest BCUT2D eigenvalue weighted by molar-refractivity contribution is -0.119. The van der Waals surface area contributed by atoms with Gasteiger partial charge in [0.05, 0.1) is 6.04 Å². The molecular formula is C9H20N2O2S. The molecule has 1 amide bonds. The molecule has 0 saturated heterocycles. The van der Waals surface area contributed by atoms with Crippen LogP contribution in [0, 0.1) is 0 Å². The molecule has 5 heteroatoms. The second-order valence-corrected chi connectivity index (χ2v) is 4.58. The maximum Gasteiger partial charge on any atom is 0.235 e. The molecule has 0 aliphatic heterocycles. The van der Waals surface area contributed by atoms with E-state index in [9.17, 15) is 4.79 Å². The minimum atomic E-state index is -0.310. The van der Waals surface area contributed by atoms with E-state index in [2.05, 4.69) is 5.32 Å². The third-order valence-electron chi connectivity index (χ3n) is 1.61. The van der Waals surface area contributed by atoms with Crippen LogP contribution in [0.4, 0.5) is 0 Å². The Hall–Kier alpha value is -0.260. The maximum atomic E-state index is 11.0. The van der Waals surface area contributed by atoms with Crippen molar-refractivity contribution in [1.82, 2.24) is 5.32 Å². The molecule has 0 aliphatic carbocycles. The highest BCUT2D eigenvalue weighted by Gasteiger charge is 2.15. The lowest BCUT2D eigenvalue weighted by Crippen LogP contribution is -2.46. The Kier molecular flexibility index (Phi) is 7.93. The molecule has 1 atom stereocenters. The molecule has 1 unspecified atom stereocenters. The van der Waals surface area contributed by atoms with Crippen LogP contribution in [0.25, 0.3) is 0 Å². The van der Waals surface area contributed by atoms with Gasteiger partial charge in [-0.25, -0.2) is 0 Å². The topological polar surface area (TPSA) is 75.3 Å². The summed E-state index contributed by atoms with van der Waals surface area (Å²) in [5.74, 6) is 1.23. The van der Waals surface area contributed by atoms with Gasteiger partial charge in [0.15, 0.2) is 0 Å². The predicted octanol–water partition coefficient (Wildman–Crippen LogP) is -0.0461. The number of carbonyl (C=O) groups is 1. The number of thioether (sulfide) groups is 1. The molecule has 0 fully saturated rings. The van der Waals surface area contributed by atoms with Crippen molar-refractivity contribution in [3.63, 3.8) is 0 Å². The van der Waals surface area contributed by atoms with Crippen LogP contribution in [0.15, 0.2) is 0 Å². The standard InChI is InChI=1S/C9H20N2O2S/c1-7(2)11-8(9(10)13)6-14-5-3-4-12/h7-8,11-12H,3-6H2,1-2H3,(H2,10,13). The number of hydrogen-bond donors (Lipinski definition) is 3. The number of nitrogens with one attached hydrogen (secondary N) is 1. The minimum Gasteiger partial charge on any atom is -0.396 e. The van der Waals surface area contributed by atoms with Crippen molar-refractivity contribution in [1.29, 1.82) is 0 Å². The van der Waals surface area contributed by atoms with E-state index in [1.807, 2.05) is 13.8 Å². The van der Waals surface area contributed by atoms with Crippen molar-refractivity contribution in [2.24, 2.45) is 5.73 Å². The summed E-state index contributed by atoms with van der Waals surface area (Å²) in [4.78, 5) is 11.0. The van der Waals surface area contributed by atoms with Crippen LogP contribution < -0.4 is 11.1 Å². The van der Waals surface area contributed by atoms with E-state index < -0.39 is 0 Å². The highest BCUT2D eigenvalue weighted by molar-refractivity contribution is 7.99. The molecule has 0 aromatic heterocycles. The van der Waals surface area contributed by atoms with Crippen molar-refractivity contribution in [2.75, 3.05) is 18.1 Å². The average molecular weight is 220 g/mol. The summed E-state index contributed by atoms with van der Waals surface area (Å²) >= 11 is 1.63. The molecule has 14 heavy (non-hydrogen) atoms. The minimum absolute atomic E-state index is 0.200. The van der Waals surface area contributed by atoms with Crippen LogP contribution in [0.2, 0.25) is 0 Å². The van der Waals surface area contributed by atoms with Crippen molar-refractivity contribution in [2.45, 2.75) is 32.4 Å². The average Bonchev–Trinajstić information content (AvgIpc) is 2.09. The SMILES string of the molecule is CC(C)NC(CSCCCO)C(N)=O. The summed E-state index contributed by atoms with van der Waals surface area (Å²) in [6, 6.07) is -0.00960. The molecular weight excluding hydrogens is 200 g/mol. The Morgan fingerprint density at radius 2 is 2.21 bits per heavy atom. The van der Waals surface area contributed by atoms with E-state index in [0.29, 0.717) is 5.75 Å². The molecule has 0 radical (unpaired) electrons. The van der Waals surface area contributed by atoms with Gasteiger partial charge in [-0.15, -0.1) is 0 Å². The Morgan fingerprint density at radius 3 is 2.64 bits per heavy atom. The molecule has 0 aliphatic rings. The summed E-state index contributed by atoms with van der Waals surface area (Å²) < 4.78 is 0. The summed E-state index contributed by atoms with van der Waals surface area (Å²) in [7, 11) is 0. The Morgan fingerprint density at radius 1 is 1.57 bits per heavy atom. The number of carbonyl (C=O) groups excluding carboxylic acids is 1. The Balaban J connectivity index is 3.68. The zero-order chi connectivity index (χ0) is 11.0. The molecule has 0 spiro atoms. The molecule has 0 aromatic rings. The van der Waals surface area contributed by atoms with Crippen LogP contribution in [0.5, 0.6) is 0 Å². The quantitative estimate of drug-likeness (QED) is 0.502. The van der Waals surface area contributed by atoms with Gasteiger partial charge in [-0.1, -0.05) is 13.8 Å². The first-order valence-electron chi connectivity index (χ1n) is 4.82. The molecule has 0 saturated carbocycles. The van der Waals surface area contributed by atoms with Crippen molar-refractivity contribution >= 4 is 17.7 Å². The van der Waals surface area contributed by atoms with E-state index in [1.54, 1.807) is 11.8 Å². The predicted molar refractivity (Wildman–Crippen MR) is 60.3 cm³/mol. The summed E-state index contributed by atoms with van der Waals surface area (Å²) in [6.45, 7) is 4.16. The van der Waals surface area contributed by atoms with E-state index in [-0.39, 0.29) is 24.6 Å². The second-order valence-electron chi connectivity index (χ2n) is 3.43. The third-order valence-corrected chi connectivity index (χ3v) is 2.76. The monoisotopic (exact) mass is 220 g/mol. The first kappa shape index (κ1) is 13.7. The number of rotatable bonds is 8. The van der Waals surface area contributed by atoms with Gasteiger partial charge in [0.25, 0.3) is 0 Å². The van der Waals surface area contributed by atoms with Crippen LogP contribution in [0.3, 0.4) is 0 Å². The summed E-state index contributed by atoms with van der Waals surface area (Å²) in [5.41, 5.74) is 5.24. The fourth-order valence-electron chi connectivity index (χ4n) is 0.983. The van der Waals surface area contributed by atoms with Gasteiger partial charge in [-0.3, -0.25) is 4.79 Å². The maximum absolute atomic E-state index is 11.0. The van der Waals surface area contributed by atoms with Gasteiger partial charge >= 0.3 is 0 Å². The molecule has 0 bridgehead atoms.